The molecule has 2 aromatic carbocycles. The Balaban J connectivity index is 2.13. The molecule has 0 unspecified atom stereocenters. The maximum Gasteiger partial charge on any atom is 0.127 e. The largest absolute Gasteiger partial charge is 0.488 e. The molecule has 1 heterocycles. The van der Waals surface area contributed by atoms with Gasteiger partial charge in [-0.1, -0.05) is 44.0 Å². The number of hydrogen-bond donors (Lipinski definition) is 0. The first-order valence-electron chi connectivity index (χ1n) is 7.61. The third kappa shape index (κ3) is 3.87. The smallest absolute Gasteiger partial charge is 0.127 e. The minimum Gasteiger partial charge on any atom is -0.488 e. The van der Waals surface area contributed by atoms with Gasteiger partial charge >= 0.3 is 0 Å². The Morgan fingerprint density at radius 3 is 2.48 bits per heavy atom. The molecule has 0 aliphatic carbocycles. The standard InChI is InChI=1S/C19H19Br2NO/c1-22(2)9-3-4-16-17-10-14(20)6-5-13(17)12-23-19-8-7-15(21)11-18(16)19/h4-8,10-11H,3,9,12H2,1-2H3. The van der Waals surface area contributed by atoms with Gasteiger partial charge in [-0.15, -0.1) is 0 Å². The fraction of sp³-hybridized carbons (Fsp3) is 0.263. The van der Waals surface area contributed by atoms with Crippen LogP contribution in [-0.2, 0) is 6.61 Å². The molecule has 1 aliphatic heterocycles. The second-order valence-corrected chi connectivity index (χ2v) is 7.77. The van der Waals surface area contributed by atoms with E-state index in [2.05, 4.69) is 81.2 Å². The molecule has 0 atom stereocenters. The van der Waals surface area contributed by atoms with Crippen molar-refractivity contribution in [1.29, 1.82) is 0 Å². The predicted molar refractivity (Wildman–Crippen MR) is 103 cm³/mol. The molecule has 0 N–H and O–H groups in total. The van der Waals surface area contributed by atoms with Crippen LogP contribution in [0.2, 0.25) is 0 Å². The minimum atomic E-state index is 0.599. The number of benzene rings is 2. The summed E-state index contributed by atoms with van der Waals surface area (Å²) in [6.45, 7) is 1.62. The predicted octanol–water partition coefficient (Wildman–Crippen LogP) is 5.49. The van der Waals surface area contributed by atoms with Gasteiger partial charge in [-0.25, -0.2) is 0 Å². The van der Waals surface area contributed by atoms with Crippen molar-refractivity contribution in [3.8, 4) is 5.75 Å². The zero-order valence-electron chi connectivity index (χ0n) is 13.3. The van der Waals surface area contributed by atoms with Crippen LogP contribution in [0.15, 0.2) is 51.4 Å². The van der Waals surface area contributed by atoms with Crippen molar-refractivity contribution >= 4 is 37.4 Å². The molecular weight excluding hydrogens is 418 g/mol. The van der Waals surface area contributed by atoms with Crippen LogP contribution in [0, 0.1) is 0 Å². The zero-order chi connectivity index (χ0) is 16.4. The van der Waals surface area contributed by atoms with E-state index in [1.54, 1.807) is 0 Å². The molecule has 23 heavy (non-hydrogen) atoms. The molecule has 0 saturated heterocycles. The van der Waals surface area contributed by atoms with Gasteiger partial charge in [0, 0.05) is 21.1 Å². The monoisotopic (exact) mass is 435 g/mol. The lowest BCUT2D eigenvalue weighted by atomic mass is 9.93. The van der Waals surface area contributed by atoms with Crippen molar-refractivity contribution in [2.75, 3.05) is 20.6 Å². The Bertz CT molecular complexity index is 698. The first-order chi connectivity index (χ1) is 11.0. The van der Waals surface area contributed by atoms with Gasteiger partial charge in [-0.05, 0) is 67.5 Å². The van der Waals surface area contributed by atoms with Crippen molar-refractivity contribution in [2.24, 2.45) is 0 Å². The summed E-state index contributed by atoms with van der Waals surface area (Å²) < 4.78 is 8.20. The topological polar surface area (TPSA) is 12.5 Å². The summed E-state index contributed by atoms with van der Waals surface area (Å²) >= 11 is 7.19. The Morgan fingerprint density at radius 2 is 1.74 bits per heavy atom. The summed E-state index contributed by atoms with van der Waals surface area (Å²) in [6, 6.07) is 12.6. The maximum absolute atomic E-state index is 6.04. The molecule has 0 aromatic heterocycles. The van der Waals surface area contributed by atoms with E-state index in [-0.39, 0.29) is 0 Å². The minimum absolute atomic E-state index is 0.599. The van der Waals surface area contributed by atoms with E-state index in [0.717, 1.165) is 33.2 Å². The fourth-order valence-electron chi connectivity index (χ4n) is 2.75. The van der Waals surface area contributed by atoms with E-state index in [1.807, 2.05) is 12.1 Å². The Hall–Kier alpha value is -1.10. The van der Waals surface area contributed by atoms with Crippen LogP contribution in [0.25, 0.3) is 5.57 Å². The quantitative estimate of drug-likeness (QED) is 0.630. The number of ether oxygens (including phenoxy) is 1. The molecule has 2 nitrogen and oxygen atoms in total. The Kier molecular flexibility index (Phi) is 5.24. The molecule has 0 bridgehead atoms. The van der Waals surface area contributed by atoms with Crippen molar-refractivity contribution in [3.05, 3.63) is 68.1 Å². The summed E-state index contributed by atoms with van der Waals surface area (Å²) in [5.41, 5.74) is 4.86. The summed E-state index contributed by atoms with van der Waals surface area (Å²) in [5.74, 6) is 0.941. The fourth-order valence-corrected chi connectivity index (χ4v) is 3.47. The molecule has 0 spiro atoms. The highest BCUT2D eigenvalue weighted by molar-refractivity contribution is 9.10. The Labute approximate surface area is 154 Å². The number of nitrogens with zero attached hydrogens (tertiary/aromatic N) is 1. The van der Waals surface area contributed by atoms with Crippen molar-refractivity contribution in [1.82, 2.24) is 4.90 Å². The first-order valence-corrected chi connectivity index (χ1v) is 9.19. The van der Waals surface area contributed by atoms with Crippen LogP contribution < -0.4 is 4.74 Å². The second-order valence-electron chi connectivity index (χ2n) is 5.94. The molecule has 3 rings (SSSR count). The number of rotatable bonds is 3. The summed E-state index contributed by atoms with van der Waals surface area (Å²) in [5, 5.41) is 0. The van der Waals surface area contributed by atoms with Crippen molar-refractivity contribution in [2.45, 2.75) is 13.0 Å². The van der Waals surface area contributed by atoms with E-state index in [1.165, 1.54) is 16.7 Å². The SMILES string of the molecule is CN(C)CCC=C1c2cc(Br)ccc2COc2ccc(Br)cc21. The van der Waals surface area contributed by atoms with Gasteiger partial charge in [0.1, 0.15) is 12.4 Å². The zero-order valence-corrected chi connectivity index (χ0v) is 16.4. The van der Waals surface area contributed by atoms with E-state index >= 15 is 0 Å². The van der Waals surface area contributed by atoms with E-state index < -0.39 is 0 Å². The van der Waals surface area contributed by atoms with Gasteiger partial charge in [0.15, 0.2) is 0 Å². The normalized spacial score (nSPS) is 15.1. The Morgan fingerprint density at radius 1 is 1.04 bits per heavy atom. The van der Waals surface area contributed by atoms with Crippen LogP contribution >= 0.6 is 31.9 Å². The number of halogens is 2. The molecule has 0 fully saturated rings. The van der Waals surface area contributed by atoms with Gasteiger partial charge in [0.2, 0.25) is 0 Å². The van der Waals surface area contributed by atoms with Gasteiger partial charge in [0.25, 0.3) is 0 Å². The van der Waals surface area contributed by atoms with Gasteiger partial charge in [-0.3, -0.25) is 0 Å². The van der Waals surface area contributed by atoms with Gasteiger partial charge in [0.05, 0.1) is 0 Å². The lowest BCUT2D eigenvalue weighted by Gasteiger charge is -2.13. The number of fused-ring (bicyclic) bond motifs is 2. The van der Waals surface area contributed by atoms with E-state index in [9.17, 15) is 0 Å². The molecule has 1 aliphatic rings. The lowest BCUT2D eigenvalue weighted by Crippen LogP contribution is -2.12. The summed E-state index contributed by atoms with van der Waals surface area (Å²) in [4.78, 5) is 2.20. The molecule has 2 aromatic rings. The van der Waals surface area contributed by atoms with Crippen molar-refractivity contribution < 1.29 is 4.74 Å². The summed E-state index contributed by atoms with van der Waals surface area (Å²) in [7, 11) is 4.20. The van der Waals surface area contributed by atoms with Crippen molar-refractivity contribution in [3.63, 3.8) is 0 Å². The highest BCUT2D eigenvalue weighted by atomic mass is 79.9. The van der Waals surface area contributed by atoms with Crippen LogP contribution in [0.1, 0.15) is 23.1 Å². The van der Waals surface area contributed by atoms with Crippen LogP contribution in [0.5, 0.6) is 5.75 Å². The number of hydrogen-bond acceptors (Lipinski definition) is 2. The second kappa shape index (κ2) is 7.20. The average molecular weight is 437 g/mol. The third-order valence-electron chi connectivity index (χ3n) is 3.90. The highest BCUT2D eigenvalue weighted by Crippen LogP contribution is 2.39. The maximum atomic E-state index is 6.04. The molecule has 0 saturated carbocycles. The molecule has 120 valence electrons. The van der Waals surface area contributed by atoms with Gasteiger partial charge < -0.3 is 9.64 Å². The third-order valence-corrected chi connectivity index (χ3v) is 4.89. The van der Waals surface area contributed by atoms with Crippen LogP contribution in [0.3, 0.4) is 0 Å². The van der Waals surface area contributed by atoms with E-state index in [4.69, 9.17) is 4.74 Å². The van der Waals surface area contributed by atoms with E-state index in [0.29, 0.717) is 6.61 Å². The first kappa shape index (κ1) is 16.7. The molecule has 0 radical (unpaired) electrons. The molecular formula is C19H19Br2NO. The van der Waals surface area contributed by atoms with Crippen LogP contribution in [-0.4, -0.2) is 25.5 Å². The van der Waals surface area contributed by atoms with Crippen LogP contribution in [0.4, 0.5) is 0 Å². The lowest BCUT2D eigenvalue weighted by molar-refractivity contribution is 0.307. The van der Waals surface area contributed by atoms with Gasteiger partial charge in [-0.2, -0.15) is 0 Å². The average Bonchev–Trinajstić information content (AvgIpc) is 2.64. The molecule has 0 amide bonds. The molecule has 4 heteroatoms. The summed E-state index contributed by atoms with van der Waals surface area (Å²) in [6.07, 6.45) is 3.32. The highest BCUT2D eigenvalue weighted by Gasteiger charge is 2.19.